The van der Waals surface area contributed by atoms with E-state index in [1.54, 1.807) is 32.2 Å². The van der Waals surface area contributed by atoms with Gasteiger partial charge >= 0.3 is 0 Å². The highest BCUT2D eigenvalue weighted by atomic mass is 79.9. The van der Waals surface area contributed by atoms with E-state index in [-0.39, 0.29) is 0 Å². The van der Waals surface area contributed by atoms with Crippen LogP contribution in [-0.4, -0.2) is 20.1 Å². The van der Waals surface area contributed by atoms with E-state index < -0.39 is 5.60 Å². The average Bonchev–Trinajstić information content (AvgIpc) is 2.75. The van der Waals surface area contributed by atoms with Crippen LogP contribution >= 0.6 is 39.1 Å². The fourth-order valence-corrected chi connectivity index (χ4v) is 2.21. The Morgan fingerprint density at radius 2 is 1.94 bits per heavy atom. The number of nitrogens with zero attached hydrogens (tertiary/aromatic N) is 3. The van der Waals surface area contributed by atoms with E-state index in [4.69, 9.17) is 23.2 Å². The lowest BCUT2D eigenvalue weighted by molar-refractivity contribution is 0.0737. The Morgan fingerprint density at radius 1 is 1.28 bits per heavy atom. The Morgan fingerprint density at radius 3 is 2.50 bits per heavy atom. The van der Waals surface area contributed by atoms with E-state index in [1.165, 1.54) is 4.68 Å². The van der Waals surface area contributed by atoms with Crippen molar-refractivity contribution in [2.45, 2.75) is 19.4 Å². The third-order valence-electron chi connectivity index (χ3n) is 2.38. The number of rotatable bonds is 2. The standard InChI is InChI=1S/C11H10BrCl2N3O/c1-11(2,18)8-5-17(16-15-8)7-4-3-6(12)9(13)10(7)14/h3-5,18H,1-2H3. The summed E-state index contributed by atoms with van der Waals surface area (Å²) in [5.41, 5.74) is 0.00892. The summed E-state index contributed by atoms with van der Waals surface area (Å²) in [5.74, 6) is 0. The number of hydrogen-bond acceptors (Lipinski definition) is 3. The van der Waals surface area contributed by atoms with Crippen molar-refractivity contribution in [2.24, 2.45) is 0 Å². The summed E-state index contributed by atoms with van der Waals surface area (Å²) in [5, 5.41) is 18.5. The predicted octanol–water partition coefficient (Wildman–Crippen LogP) is 3.56. The zero-order valence-corrected chi connectivity index (χ0v) is 12.8. The van der Waals surface area contributed by atoms with Gasteiger partial charge in [0.15, 0.2) is 0 Å². The summed E-state index contributed by atoms with van der Waals surface area (Å²) in [6, 6.07) is 3.54. The summed E-state index contributed by atoms with van der Waals surface area (Å²) in [7, 11) is 0. The summed E-state index contributed by atoms with van der Waals surface area (Å²) in [6.45, 7) is 3.27. The number of aromatic nitrogens is 3. The summed E-state index contributed by atoms with van der Waals surface area (Å²) in [6.07, 6.45) is 1.62. The second kappa shape index (κ2) is 4.81. The summed E-state index contributed by atoms with van der Waals surface area (Å²) >= 11 is 15.5. The van der Waals surface area contributed by atoms with Crippen LogP contribution in [0, 0.1) is 0 Å². The first-order valence-electron chi connectivity index (χ1n) is 5.10. The molecule has 2 rings (SSSR count). The molecular formula is C11H10BrCl2N3O. The average molecular weight is 351 g/mol. The van der Waals surface area contributed by atoms with E-state index in [2.05, 4.69) is 26.2 Å². The topological polar surface area (TPSA) is 50.9 Å². The second-order valence-electron chi connectivity index (χ2n) is 4.30. The van der Waals surface area contributed by atoms with Crippen molar-refractivity contribution in [1.82, 2.24) is 15.0 Å². The Labute approximate surface area is 123 Å². The third-order valence-corrected chi connectivity index (χ3v) is 4.14. The normalized spacial score (nSPS) is 11.9. The number of hydrogen-bond donors (Lipinski definition) is 1. The van der Waals surface area contributed by atoms with Gasteiger partial charge in [-0.25, -0.2) is 4.68 Å². The van der Waals surface area contributed by atoms with E-state index in [9.17, 15) is 5.11 Å². The maximum atomic E-state index is 9.83. The van der Waals surface area contributed by atoms with Gasteiger partial charge in [0.05, 0.1) is 21.9 Å². The van der Waals surface area contributed by atoms with Crippen LogP contribution in [0.15, 0.2) is 22.8 Å². The molecule has 96 valence electrons. The van der Waals surface area contributed by atoms with Crippen LogP contribution in [0.2, 0.25) is 10.0 Å². The zero-order valence-electron chi connectivity index (χ0n) is 9.65. The molecule has 0 atom stereocenters. The quantitative estimate of drug-likeness (QED) is 0.842. The van der Waals surface area contributed by atoms with Gasteiger partial charge in [0, 0.05) is 4.47 Å². The molecule has 18 heavy (non-hydrogen) atoms. The first-order chi connectivity index (χ1) is 8.30. The van der Waals surface area contributed by atoms with E-state index in [0.29, 0.717) is 25.9 Å². The lowest BCUT2D eigenvalue weighted by atomic mass is 10.1. The van der Waals surface area contributed by atoms with Gasteiger partial charge in [-0.1, -0.05) is 28.4 Å². The number of benzene rings is 1. The predicted molar refractivity (Wildman–Crippen MR) is 74.3 cm³/mol. The third kappa shape index (κ3) is 2.54. The Kier molecular flexibility index (Phi) is 3.69. The molecule has 0 saturated carbocycles. The van der Waals surface area contributed by atoms with Gasteiger partial charge in [-0.15, -0.1) is 5.10 Å². The molecule has 0 aliphatic rings. The van der Waals surface area contributed by atoms with E-state index in [0.717, 1.165) is 0 Å². The molecule has 1 heterocycles. The first-order valence-corrected chi connectivity index (χ1v) is 6.64. The van der Waals surface area contributed by atoms with Crippen LogP contribution in [0.25, 0.3) is 5.69 Å². The van der Waals surface area contributed by atoms with Crippen LogP contribution in [0.3, 0.4) is 0 Å². The minimum atomic E-state index is -1.05. The van der Waals surface area contributed by atoms with Crippen molar-refractivity contribution in [2.75, 3.05) is 0 Å². The van der Waals surface area contributed by atoms with Crippen molar-refractivity contribution in [3.63, 3.8) is 0 Å². The fourth-order valence-electron chi connectivity index (χ4n) is 1.35. The molecule has 0 aliphatic carbocycles. The molecule has 1 aromatic heterocycles. The van der Waals surface area contributed by atoms with Crippen molar-refractivity contribution in [1.29, 1.82) is 0 Å². The Bertz CT molecular complexity index is 592. The smallest absolute Gasteiger partial charge is 0.114 e. The molecule has 2 aromatic rings. The van der Waals surface area contributed by atoms with Crippen molar-refractivity contribution >= 4 is 39.1 Å². The molecule has 0 unspecified atom stereocenters. The molecule has 1 aromatic carbocycles. The number of aliphatic hydroxyl groups is 1. The summed E-state index contributed by atoms with van der Waals surface area (Å²) in [4.78, 5) is 0. The van der Waals surface area contributed by atoms with Gasteiger partial charge in [-0.3, -0.25) is 0 Å². The minimum Gasteiger partial charge on any atom is -0.384 e. The minimum absolute atomic E-state index is 0.373. The Hall–Kier alpha value is -0.620. The van der Waals surface area contributed by atoms with Crippen molar-refractivity contribution in [3.05, 3.63) is 38.5 Å². The molecule has 0 aliphatic heterocycles. The fraction of sp³-hybridized carbons (Fsp3) is 0.273. The van der Waals surface area contributed by atoms with Crippen LogP contribution in [0.5, 0.6) is 0 Å². The zero-order chi connectivity index (χ0) is 13.5. The largest absolute Gasteiger partial charge is 0.384 e. The van der Waals surface area contributed by atoms with Crippen molar-refractivity contribution < 1.29 is 5.11 Å². The first kappa shape index (κ1) is 13.8. The van der Waals surface area contributed by atoms with Crippen LogP contribution in [0.4, 0.5) is 0 Å². The van der Waals surface area contributed by atoms with Crippen LogP contribution in [-0.2, 0) is 5.60 Å². The maximum Gasteiger partial charge on any atom is 0.114 e. The van der Waals surface area contributed by atoms with Gasteiger partial charge in [-0.2, -0.15) is 0 Å². The molecule has 0 radical (unpaired) electrons. The van der Waals surface area contributed by atoms with E-state index in [1.807, 2.05) is 0 Å². The molecular weight excluding hydrogens is 341 g/mol. The molecule has 4 nitrogen and oxygen atoms in total. The highest BCUT2D eigenvalue weighted by Crippen LogP contribution is 2.34. The second-order valence-corrected chi connectivity index (χ2v) is 5.91. The molecule has 0 bridgehead atoms. The van der Waals surface area contributed by atoms with Crippen LogP contribution in [0.1, 0.15) is 19.5 Å². The molecule has 7 heteroatoms. The van der Waals surface area contributed by atoms with Crippen molar-refractivity contribution in [3.8, 4) is 5.69 Å². The monoisotopic (exact) mass is 349 g/mol. The maximum absolute atomic E-state index is 9.83. The van der Waals surface area contributed by atoms with Gasteiger partial charge in [0.2, 0.25) is 0 Å². The van der Waals surface area contributed by atoms with Gasteiger partial charge in [-0.05, 0) is 41.9 Å². The summed E-state index contributed by atoms with van der Waals surface area (Å²) < 4.78 is 2.19. The SMILES string of the molecule is CC(C)(O)c1cn(-c2ccc(Br)c(Cl)c2Cl)nn1. The molecule has 0 spiro atoms. The molecule has 0 saturated heterocycles. The van der Waals surface area contributed by atoms with E-state index >= 15 is 0 Å². The molecule has 0 fully saturated rings. The lowest BCUT2D eigenvalue weighted by Gasteiger charge is -2.12. The van der Waals surface area contributed by atoms with Gasteiger partial charge in [0.1, 0.15) is 11.3 Å². The molecule has 1 N–H and O–H groups in total. The molecule has 0 amide bonds. The lowest BCUT2D eigenvalue weighted by Crippen LogP contribution is -2.15. The Balaban J connectivity index is 2.50. The van der Waals surface area contributed by atoms with Gasteiger partial charge < -0.3 is 5.11 Å². The highest BCUT2D eigenvalue weighted by Gasteiger charge is 2.21. The van der Waals surface area contributed by atoms with Crippen LogP contribution < -0.4 is 0 Å². The number of halogens is 3. The van der Waals surface area contributed by atoms with Gasteiger partial charge in [0.25, 0.3) is 0 Å². The highest BCUT2D eigenvalue weighted by molar-refractivity contribution is 9.10.